The summed E-state index contributed by atoms with van der Waals surface area (Å²) in [6, 6.07) is 0. The Bertz CT molecular complexity index is 1720. The Hall–Kier alpha value is -1.68. The van der Waals surface area contributed by atoms with Crippen molar-refractivity contribution in [3.63, 3.8) is 0 Å². The monoisotopic (exact) mass is 896 g/mol. The molecule has 4 aliphatic heterocycles. The zero-order valence-electron chi connectivity index (χ0n) is 37.7. The van der Waals surface area contributed by atoms with E-state index in [1.807, 2.05) is 19.9 Å². The van der Waals surface area contributed by atoms with Gasteiger partial charge in [0.25, 0.3) is 0 Å². The van der Waals surface area contributed by atoms with E-state index >= 15 is 0 Å². The third kappa shape index (κ3) is 7.60. The molecule has 4 aliphatic carbocycles. The first-order valence-corrected chi connectivity index (χ1v) is 23.2. The van der Waals surface area contributed by atoms with E-state index in [0.717, 1.165) is 37.7 Å². The molecule has 8 N–H and O–H groups in total. The molecule has 4 heterocycles. The van der Waals surface area contributed by atoms with Crippen molar-refractivity contribution in [2.24, 2.45) is 45.3 Å². The van der Waals surface area contributed by atoms with Gasteiger partial charge in [0.05, 0.1) is 25.4 Å². The fourth-order valence-corrected chi connectivity index (χ4v) is 14.4. The highest BCUT2D eigenvalue weighted by atomic mass is 16.8. The average Bonchev–Trinajstić information content (AvgIpc) is 3.73. The number of aliphatic hydroxyl groups excluding tert-OH is 7. The second-order valence-corrected chi connectivity index (χ2v) is 21.7. The normalized spacial score (nSPS) is 54.3. The maximum Gasteiger partial charge on any atom is 0.339 e. The van der Waals surface area contributed by atoms with Crippen LogP contribution in [-0.4, -0.2) is 164 Å². The van der Waals surface area contributed by atoms with Gasteiger partial charge in [0.2, 0.25) is 0 Å². The summed E-state index contributed by atoms with van der Waals surface area (Å²) in [5.74, 6) is -0.783. The molecule has 0 aromatic rings. The maximum absolute atomic E-state index is 13.9. The molecule has 8 fully saturated rings. The summed E-state index contributed by atoms with van der Waals surface area (Å²) in [6.45, 7) is 13.6. The largest absolute Gasteiger partial charge is 0.456 e. The minimum atomic E-state index is -1.73. The Morgan fingerprint density at radius 3 is 2.03 bits per heavy atom. The van der Waals surface area contributed by atoms with E-state index in [1.165, 1.54) is 13.2 Å². The third-order valence-corrected chi connectivity index (χ3v) is 18.0. The van der Waals surface area contributed by atoms with E-state index < -0.39 is 115 Å². The molecule has 0 unspecified atom stereocenters. The minimum Gasteiger partial charge on any atom is -0.456 e. The lowest BCUT2D eigenvalue weighted by molar-refractivity contribution is -0.383. The number of cyclic esters (lactones) is 1. The molecule has 23 atom stereocenters. The van der Waals surface area contributed by atoms with E-state index in [4.69, 9.17) is 33.2 Å². The summed E-state index contributed by atoms with van der Waals surface area (Å²) >= 11 is 0. The lowest BCUT2D eigenvalue weighted by Gasteiger charge is -2.69. The van der Waals surface area contributed by atoms with Crippen molar-refractivity contribution in [2.75, 3.05) is 13.2 Å². The van der Waals surface area contributed by atoms with Gasteiger partial charge in [0.1, 0.15) is 67.3 Å². The van der Waals surface area contributed by atoms with Crippen LogP contribution in [0.2, 0.25) is 0 Å². The number of carbonyl (C=O) groups excluding carboxylic acids is 2. The molecule has 8 aliphatic rings. The van der Waals surface area contributed by atoms with Crippen molar-refractivity contribution in [1.82, 2.24) is 0 Å². The Kier molecular flexibility index (Phi) is 13.0. The summed E-state index contributed by atoms with van der Waals surface area (Å²) < 4.78 is 42.5. The van der Waals surface area contributed by atoms with Crippen LogP contribution in [0.4, 0.5) is 0 Å². The first kappa shape index (κ1) is 47.8. The van der Waals surface area contributed by atoms with E-state index in [-0.39, 0.29) is 54.1 Å². The van der Waals surface area contributed by atoms with Crippen LogP contribution in [0.1, 0.15) is 106 Å². The molecule has 0 aromatic carbocycles. The molecular weight excluding hydrogens is 824 g/mol. The lowest BCUT2D eigenvalue weighted by atomic mass is 9.35. The number of hydrogen-bond donors (Lipinski definition) is 8. The van der Waals surface area contributed by atoms with Gasteiger partial charge in [-0.05, 0) is 112 Å². The van der Waals surface area contributed by atoms with Crippen LogP contribution in [0.25, 0.3) is 0 Å². The van der Waals surface area contributed by atoms with Crippen molar-refractivity contribution in [1.29, 1.82) is 0 Å². The van der Waals surface area contributed by atoms with Crippen molar-refractivity contribution in [2.45, 2.75) is 204 Å². The maximum atomic E-state index is 13.9. The molecule has 0 radical (unpaired) electrons. The van der Waals surface area contributed by atoms with Gasteiger partial charge >= 0.3 is 5.97 Å². The van der Waals surface area contributed by atoms with Gasteiger partial charge in [-0.15, -0.1) is 0 Å². The van der Waals surface area contributed by atoms with Crippen molar-refractivity contribution in [3.8, 4) is 0 Å². The first-order chi connectivity index (χ1) is 29.5. The number of ether oxygens (including phenoxy) is 7. The Balaban J connectivity index is 1.04. The van der Waals surface area contributed by atoms with Crippen molar-refractivity contribution >= 4 is 12.3 Å². The minimum absolute atomic E-state index is 0.0319. The van der Waals surface area contributed by atoms with Crippen LogP contribution in [0.15, 0.2) is 11.6 Å². The van der Waals surface area contributed by atoms with E-state index in [0.29, 0.717) is 19.3 Å². The molecule has 0 spiro atoms. The number of allylic oxidation sites excluding steroid dienone is 1. The Morgan fingerprint density at radius 1 is 0.683 bits per heavy atom. The van der Waals surface area contributed by atoms with Gasteiger partial charge in [-0.2, -0.15) is 0 Å². The Labute approximate surface area is 369 Å². The summed E-state index contributed by atoms with van der Waals surface area (Å²) in [5, 5.41) is 86.7. The van der Waals surface area contributed by atoms with Gasteiger partial charge < -0.3 is 78.8 Å². The molecule has 4 saturated carbocycles. The quantitative estimate of drug-likeness (QED) is 0.0695. The number of aliphatic hydroxyl groups is 8. The van der Waals surface area contributed by atoms with Crippen molar-refractivity contribution < 1.29 is 83.6 Å². The molecule has 8 rings (SSSR count). The number of hydrogen-bond acceptors (Lipinski definition) is 17. The second kappa shape index (κ2) is 17.1. The second-order valence-electron chi connectivity index (χ2n) is 21.7. The molecule has 0 aromatic heterocycles. The van der Waals surface area contributed by atoms with Crippen molar-refractivity contribution in [3.05, 3.63) is 11.6 Å². The summed E-state index contributed by atoms with van der Waals surface area (Å²) in [5.41, 5.74) is -2.36. The molecule has 63 heavy (non-hydrogen) atoms. The van der Waals surface area contributed by atoms with Crippen LogP contribution in [0.5, 0.6) is 0 Å². The van der Waals surface area contributed by atoms with Crippen LogP contribution < -0.4 is 0 Å². The first-order valence-electron chi connectivity index (χ1n) is 23.2. The number of fused-ring (bicyclic) bond motifs is 5. The van der Waals surface area contributed by atoms with Gasteiger partial charge in [0.15, 0.2) is 24.5 Å². The molecular formula is C46H72O17. The zero-order chi connectivity index (χ0) is 45.8. The van der Waals surface area contributed by atoms with Gasteiger partial charge in [-0.3, -0.25) is 0 Å². The van der Waals surface area contributed by atoms with Crippen LogP contribution in [0.3, 0.4) is 0 Å². The van der Waals surface area contributed by atoms with Gasteiger partial charge in [-0.1, -0.05) is 33.3 Å². The third-order valence-electron chi connectivity index (χ3n) is 18.0. The van der Waals surface area contributed by atoms with Crippen LogP contribution in [-0.2, 0) is 42.7 Å². The Morgan fingerprint density at radius 2 is 1.33 bits per heavy atom. The number of aldehydes is 1. The number of rotatable bonds is 9. The zero-order valence-corrected chi connectivity index (χ0v) is 37.7. The highest BCUT2D eigenvalue weighted by Gasteiger charge is 2.72. The van der Waals surface area contributed by atoms with E-state index in [2.05, 4.69) is 27.7 Å². The van der Waals surface area contributed by atoms with Gasteiger partial charge in [0, 0.05) is 17.8 Å². The molecule has 4 saturated heterocycles. The van der Waals surface area contributed by atoms with Crippen LogP contribution in [0, 0.1) is 45.3 Å². The topological polar surface area (TPSA) is 261 Å². The lowest BCUT2D eigenvalue weighted by Crippen LogP contribution is -2.67. The fraction of sp³-hybridized carbons (Fsp3) is 0.913. The number of carbonyl (C=O) groups is 2. The average molecular weight is 897 g/mol. The standard InChI is InChI=1S/C46H72O17/c1-21(2)16-23-17-46(56,41(55)60-23)25-10-13-43(6)24(25)8-9-29-44(43,7)14-11-28-42(4,5)30(12-15-45(28,29)20-47)61-40-37(63-39-35(54)33(52)31(50)22(3)59-39)36(27(49)19-58-40)62-38-34(53)32(51)26(48)18-57-38/h16,20,22-40,48-54,56H,8-15,17-19H2,1-7H3/t22-,23+,24-,25-,26+,27-,28-,29-,30-,31-,32-,33+,34+,35+,36-,37+,38-,39-,40-,43+,44+,45+,46-/m0/s1. The number of esters is 1. The summed E-state index contributed by atoms with van der Waals surface area (Å²) in [4.78, 5) is 27.3. The summed E-state index contributed by atoms with van der Waals surface area (Å²) in [6.07, 6.45) is -11.0. The smallest absolute Gasteiger partial charge is 0.339 e. The SMILES string of the molecule is CC(C)=C[C@@H]1C[C@](O)([C@H]2CC[C@]3(C)[C@H]2CC[C@@H]2[C@@]4(C=O)CC[C@H](O[C@@H]5OC[C@H](O)[C@H](O[C@@H]6OC[C@@H](O)[C@H](O)[C@H]6O)[C@H]5O[C@@H]5O[C@@H](C)[C@H](O)[C@@H](O)[C@H]5O)C(C)(C)[C@@H]4CC[C@]23C)C(=O)O1. The fourth-order valence-electron chi connectivity index (χ4n) is 14.4. The van der Waals surface area contributed by atoms with Crippen LogP contribution >= 0.6 is 0 Å². The molecule has 358 valence electrons. The predicted molar refractivity (Wildman–Crippen MR) is 219 cm³/mol. The van der Waals surface area contributed by atoms with Gasteiger partial charge in [-0.25, -0.2) is 4.79 Å². The highest BCUT2D eigenvalue weighted by Crippen LogP contribution is 2.76. The molecule has 0 bridgehead atoms. The molecule has 17 nitrogen and oxygen atoms in total. The highest BCUT2D eigenvalue weighted by molar-refractivity contribution is 5.82. The molecule has 0 amide bonds. The summed E-state index contributed by atoms with van der Waals surface area (Å²) in [7, 11) is 0. The predicted octanol–water partition coefficient (Wildman–Crippen LogP) is 1.00. The molecule has 17 heteroatoms. The van der Waals surface area contributed by atoms with E-state index in [9.17, 15) is 50.4 Å². The van der Waals surface area contributed by atoms with E-state index in [1.54, 1.807) is 0 Å².